The van der Waals surface area contributed by atoms with E-state index in [0.29, 0.717) is 23.1 Å². The van der Waals surface area contributed by atoms with Crippen LogP contribution in [0.2, 0.25) is 0 Å². The van der Waals surface area contributed by atoms with Crippen LogP contribution in [-0.4, -0.2) is 29.0 Å². The second-order valence-electron chi connectivity index (χ2n) is 6.07. The molecule has 0 spiro atoms. The molecule has 0 saturated heterocycles. The highest BCUT2D eigenvalue weighted by molar-refractivity contribution is 5.97. The number of carbonyl (C=O) groups excluding carboxylic acids is 1. The van der Waals surface area contributed by atoms with Crippen LogP contribution in [-0.2, 0) is 6.54 Å². The van der Waals surface area contributed by atoms with Gasteiger partial charge in [0.15, 0.2) is 0 Å². The molecule has 25 heavy (non-hydrogen) atoms. The van der Waals surface area contributed by atoms with E-state index in [0.717, 1.165) is 24.3 Å². The predicted molar refractivity (Wildman–Crippen MR) is 97.9 cm³/mol. The SMILES string of the molecule is O=C(NCc1cccc(N2CC=CC2)c1)c1ccc2[nH]c(=O)[nH]c2c1. The van der Waals surface area contributed by atoms with Gasteiger partial charge in [-0.15, -0.1) is 0 Å². The number of imidazole rings is 1. The topological polar surface area (TPSA) is 81.0 Å². The van der Waals surface area contributed by atoms with Crippen molar-refractivity contribution in [3.63, 3.8) is 0 Å². The van der Waals surface area contributed by atoms with Gasteiger partial charge in [-0.25, -0.2) is 4.79 Å². The van der Waals surface area contributed by atoms with E-state index < -0.39 is 0 Å². The van der Waals surface area contributed by atoms with Gasteiger partial charge in [0.05, 0.1) is 11.0 Å². The van der Waals surface area contributed by atoms with E-state index in [1.54, 1.807) is 18.2 Å². The lowest BCUT2D eigenvalue weighted by Crippen LogP contribution is -2.23. The van der Waals surface area contributed by atoms with Crippen LogP contribution in [0.1, 0.15) is 15.9 Å². The molecule has 3 N–H and O–H groups in total. The Hall–Kier alpha value is -3.28. The second-order valence-corrected chi connectivity index (χ2v) is 6.07. The number of nitrogens with one attached hydrogen (secondary N) is 3. The Balaban J connectivity index is 1.45. The highest BCUT2D eigenvalue weighted by Gasteiger charge is 2.10. The summed E-state index contributed by atoms with van der Waals surface area (Å²) in [5, 5.41) is 2.93. The van der Waals surface area contributed by atoms with Gasteiger partial charge in [-0.05, 0) is 35.9 Å². The first kappa shape index (κ1) is 15.3. The summed E-state index contributed by atoms with van der Waals surface area (Å²) < 4.78 is 0. The molecule has 0 fully saturated rings. The largest absolute Gasteiger partial charge is 0.364 e. The minimum atomic E-state index is -0.277. The molecule has 2 heterocycles. The number of fused-ring (bicyclic) bond motifs is 1. The normalized spacial score (nSPS) is 13.5. The van der Waals surface area contributed by atoms with Crippen LogP contribution < -0.4 is 15.9 Å². The van der Waals surface area contributed by atoms with Crippen LogP contribution in [0.15, 0.2) is 59.4 Å². The number of anilines is 1. The fraction of sp³-hybridized carbons (Fsp3) is 0.158. The van der Waals surface area contributed by atoms with Crippen molar-refractivity contribution in [2.45, 2.75) is 6.54 Å². The Labute approximate surface area is 144 Å². The maximum Gasteiger partial charge on any atom is 0.323 e. The molecule has 0 atom stereocenters. The third kappa shape index (κ3) is 3.19. The Morgan fingerprint density at radius 1 is 1.04 bits per heavy atom. The van der Waals surface area contributed by atoms with Gasteiger partial charge < -0.3 is 20.2 Å². The number of rotatable bonds is 4. The average Bonchev–Trinajstić information content (AvgIpc) is 3.27. The molecular weight excluding hydrogens is 316 g/mol. The molecule has 0 aliphatic carbocycles. The number of aromatic amines is 2. The van der Waals surface area contributed by atoms with E-state index in [-0.39, 0.29) is 11.6 Å². The van der Waals surface area contributed by atoms with Gasteiger partial charge in [-0.2, -0.15) is 0 Å². The van der Waals surface area contributed by atoms with Gasteiger partial charge in [0.2, 0.25) is 0 Å². The molecule has 126 valence electrons. The maximum absolute atomic E-state index is 12.4. The van der Waals surface area contributed by atoms with Crippen molar-refractivity contribution in [1.82, 2.24) is 15.3 Å². The lowest BCUT2D eigenvalue weighted by atomic mass is 10.1. The summed E-state index contributed by atoms with van der Waals surface area (Å²) >= 11 is 0. The van der Waals surface area contributed by atoms with Gasteiger partial charge in [0.1, 0.15) is 0 Å². The average molecular weight is 334 g/mol. The van der Waals surface area contributed by atoms with Crippen LogP contribution in [0.4, 0.5) is 5.69 Å². The van der Waals surface area contributed by atoms with E-state index in [9.17, 15) is 9.59 Å². The quantitative estimate of drug-likeness (QED) is 0.640. The number of hydrogen-bond acceptors (Lipinski definition) is 3. The number of amides is 1. The standard InChI is InChI=1S/C19H18N4O2/c24-18(14-6-7-16-17(11-14)22-19(25)21-16)20-12-13-4-3-5-15(10-13)23-8-1-2-9-23/h1-7,10-11H,8-9,12H2,(H,20,24)(H2,21,22,25). The minimum absolute atomic E-state index is 0.169. The minimum Gasteiger partial charge on any atom is -0.364 e. The molecule has 0 radical (unpaired) electrons. The van der Waals surface area contributed by atoms with Crippen LogP contribution in [0.25, 0.3) is 11.0 Å². The van der Waals surface area contributed by atoms with Gasteiger partial charge in [0, 0.05) is 30.9 Å². The maximum atomic E-state index is 12.4. The zero-order valence-corrected chi connectivity index (χ0v) is 13.6. The van der Waals surface area contributed by atoms with Crippen molar-refractivity contribution in [2.75, 3.05) is 18.0 Å². The van der Waals surface area contributed by atoms with Crippen LogP contribution in [0, 0.1) is 0 Å². The molecular formula is C19H18N4O2. The van der Waals surface area contributed by atoms with Crippen molar-refractivity contribution in [1.29, 1.82) is 0 Å². The lowest BCUT2D eigenvalue weighted by Gasteiger charge is -2.18. The molecule has 2 aromatic carbocycles. The third-order valence-electron chi connectivity index (χ3n) is 4.33. The van der Waals surface area contributed by atoms with Gasteiger partial charge >= 0.3 is 5.69 Å². The molecule has 1 aromatic heterocycles. The summed E-state index contributed by atoms with van der Waals surface area (Å²) in [5.74, 6) is -0.169. The zero-order valence-electron chi connectivity index (χ0n) is 13.6. The van der Waals surface area contributed by atoms with Crippen LogP contribution in [0.3, 0.4) is 0 Å². The molecule has 1 aliphatic heterocycles. The van der Waals surface area contributed by atoms with Gasteiger partial charge in [-0.3, -0.25) is 4.79 Å². The summed E-state index contributed by atoms with van der Waals surface area (Å²) in [6.45, 7) is 2.30. The van der Waals surface area contributed by atoms with E-state index in [1.165, 1.54) is 0 Å². The van der Waals surface area contributed by atoms with Crippen LogP contribution in [0.5, 0.6) is 0 Å². The molecule has 1 amide bonds. The number of carbonyl (C=O) groups is 1. The van der Waals surface area contributed by atoms with Crippen molar-refractivity contribution >= 4 is 22.6 Å². The first-order valence-corrected chi connectivity index (χ1v) is 8.18. The van der Waals surface area contributed by atoms with Crippen molar-refractivity contribution in [3.8, 4) is 0 Å². The number of nitrogens with zero attached hydrogens (tertiary/aromatic N) is 1. The van der Waals surface area contributed by atoms with E-state index in [1.807, 2.05) is 12.1 Å². The number of hydrogen-bond donors (Lipinski definition) is 3. The predicted octanol–water partition coefficient (Wildman–Crippen LogP) is 2.16. The molecule has 0 saturated carbocycles. The van der Waals surface area contributed by atoms with E-state index in [4.69, 9.17) is 0 Å². The summed E-state index contributed by atoms with van der Waals surface area (Å²) in [6, 6.07) is 13.3. The molecule has 0 unspecified atom stereocenters. The fourth-order valence-electron chi connectivity index (χ4n) is 3.01. The van der Waals surface area contributed by atoms with Crippen molar-refractivity contribution in [2.24, 2.45) is 0 Å². The summed E-state index contributed by atoms with van der Waals surface area (Å²) in [4.78, 5) is 31.3. The fourth-order valence-corrected chi connectivity index (χ4v) is 3.01. The summed E-state index contributed by atoms with van der Waals surface area (Å²) in [5.41, 5.74) is 3.76. The molecule has 3 aromatic rings. The van der Waals surface area contributed by atoms with Crippen molar-refractivity contribution < 1.29 is 4.79 Å². The molecule has 1 aliphatic rings. The van der Waals surface area contributed by atoms with Gasteiger partial charge in [-0.1, -0.05) is 24.3 Å². The van der Waals surface area contributed by atoms with E-state index >= 15 is 0 Å². The number of benzene rings is 2. The molecule has 0 bridgehead atoms. The van der Waals surface area contributed by atoms with Crippen LogP contribution >= 0.6 is 0 Å². The highest BCUT2D eigenvalue weighted by atomic mass is 16.2. The molecule has 6 nitrogen and oxygen atoms in total. The second kappa shape index (κ2) is 6.32. The van der Waals surface area contributed by atoms with Crippen molar-refractivity contribution in [3.05, 3.63) is 76.2 Å². The number of aromatic nitrogens is 2. The Kier molecular flexibility index (Phi) is 3.85. The molecule has 4 rings (SSSR count). The Morgan fingerprint density at radius 3 is 2.68 bits per heavy atom. The lowest BCUT2D eigenvalue weighted by molar-refractivity contribution is 0.0951. The monoisotopic (exact) mass is 334 g/mol. The zero-order chi connectivity index (χ0) is 17.2. The first-order chi connectivity index (χ1) is 12.2. The smallest absolute Gasteiger partial charge is 0.323 e. The third-order valence-corrected chi connectivity index (χ3v) is 4.33. The molecule has 6 heteroatoms. The Bertz CT molecular complexity index is 1010. The van der Waals surface area contributed by atoms with E-state index in [2.05, 4.69) is 44.5 Å². The first-order valence-electron chi connectivity index (χ1n) is 8.18. The highest BCUT2D eigenvalue weighted by Crippen LogP contribution is 2.18. The summed E-state index contributed by atoms with van der Waals surface area (Å²) in [7, 11) is 0. The summed E-state index contributed by atoms with van der Waals surface area (Å²) in [6.07, 6.45) is 4.30. The Morgan fingerprint density at radius 2 is 1.84 bits per heavy atom. The van der Waals surface area contributed by atoms with Gasteiger partial charge in [0.25, 0.3) is 5.91 Å². The number of H-pyrrole nitrogens is 2.